The number of methoxy groups -OCH3 is 1. The molecule has 3 aromatic rings. The predicted molar refractivity (Wildman–Crippen MR) is 124 cm³/mol. The highest BCUT2D eigenvalue weighted by molar-refractivity contribution is 7.09. The van der Waals surface area contributed by atoms with Crippen LogP contribution >= 0.6 is 11.3 Å². The molecule has 1 aromatic carbocycles. The van der Waals surface area contributed by atoms with E-state index in [-0.39, 0.29) is 11.8 Å². The number of benzene rings is 1. The predicted octanol–water partition coefficient (Wildman–Crippen LogP) is 4.70. The van der Waals surface area contributed by atoms with Gasteiger partial charge in [-0.1, -0.05) is 18.2 Å². The quantitative estimate of drug-likeness (QED) is 0.563. The standard InChI is InChI=1S/C25H29N3O2S/c1-17-11-19(12-20-7-4-5-9-24(20)30-3)13-23(26-17)21-8-6-10-28(15-21)25(29)14-22-16-31-18(2)27-22/h4-5,7,9,11,13,16,21H,6,8,10,12,14-15H2,1-3H3/t21-/m0/s1. The minimum absolute atomic E-state index is 0.164. The van der Waals surface area contributed by atoms with Crippen LogP contribution in [0.3, 0.4) is 0 Å². The molecule has 0 aliphatic carbocycles. The summed E-state index contributed by atoms with van der Waals surface area (Å²) in [5, 5.41) is 2.99. The van der Waals surface area contributed by atoms with E-state index < -0.39 is 0 Å². The number of carbonyl (C=O) groups is 1. The van der Waals surface area contributed by atoms with Crippen molar-refractivity contribution < 1.29 is 9.53 Å². The molecule has 1 aliphatic rings. The first kappa shape index (κ1) is 21.5. The molecule has 0 saturated carbocycles. The summed E-state index contributed by atoms with van der Waals surface area (Å²) in [6.07, 6.45) is 3.25. The number of thiazole rings is 1. The van der Waals surface area contributed by atoms with Crippen molar-refractivity contribution in [2.24, 2.45) is 0 Å². The molecule has 0 radical (unpaired) electrons. The van der Waals surface area contributed by atoms with Crippen LogP contribution in [0.15, 0.2) is 41.8 Å². The van der Waals surface area contributed by atoms with E-state index in [0.29, 0.717) is 6.42 Å². The lowest BCUT2D eigenvalue weighted by molar-refractivity contribution is -0.131. The number of amides is 1. The number of piperidine rings is 1. The van der Waals surface area contributed by atoms with Crippen LogP contribution in [-0.2, 0) is 17.6 Å². The number of hydrogen-bond donors (Lipinski definition) is 0. The number of aryl methyl sites for hydroxylation is 2. The van der Waals surface area contributed by atoms with Gasteiger partial charge < -0.3 is 9.64 Å². The third-order valence-electron chi connectivity index (χ3n) is 5.81. The molecule has 1 saturated heterocycles. The molecule has 31 heavy (non-hydrogen) atoms. The number of carbonyl (C=O) groups excluding carboxylic acids is 1. The van der Waals surface area contributed by atoms with E-state index >= 15 is 0 Å². The second-order valence-electron chi connectivity index (χ2n) is 8.24. The van der Waals surface area contributed by atoms with Crippen molar-refractivity contribution >= 4 is 17.2 Å². The van der Waals surface area contributed by atoms with E-state index in [1.54, 1.807) is 18.4 Å². The Labute approximate surface area is 188 Å². The van der Waals surface area contributed by atoms with Gasteiger partial charge in [0.15, 0.2) is 0 Å². The average molecular weight is 436 g/mol. The molecule has 2 aromatic heterocycles. The summed E-state index contributed by atoms with van der Waals surface area (Å²) < 4.78 is 5.52. The Morgan fingerprint density at radius 3 is 2.84 bits per heavy atom. The number of rotatable bonds is 6. The smallest absolute Gasteiger partial charge is 0.228 e. The van der Waals surface area contributed by atoms with Crippen LogP contribution in [0, 0.1) is 13.8 Å². The highest BCUT2D eigenvalue weighted by Crippen LogP contribution is 2.29. The first-order chi connectivity index (χ1) is 15.0. The van der Waals surface area contributed by atoms with E-state index in [1.807, 2.05) is 42.3 Å². The van der Waals surface area contributed by atoms with Gasteiger partial charge in [-0.25, -0.2) is 4.98 Å². The molecular weight excluding hydrogens is 406 g/mol. The maximum atomic E-state index is 12.9. The largest absolute Gasteiger partial charge is 0.496 e. The first-order valence-corrected chi connectivity index (χ1v) is 11.7. The maximum absolute atomic E-state index is 12.9. The normalized spacial score (nSPS) is 16.4. The molecule has 0 bridgehead atoms. The summed E-state index contributed by atoms with van der Waals surface area (Å²) in [6, 6.07) is 12.5. The lowest BCUT2D eigenvalue weighted by Crippen LogP contribution is -2.40. The van der Waals surface area contributed by atoms with E-state index in [0.717, 1.165) is 60.2 Å². The van der Waals surface area contributed by atoms with Gasteiger partial charge in [0.2, 0.25) is 5.91 Å². The summed E-state index contributed by atoms with van der Waals surface area (Å²) >= 11 is 1.60. The van der Waals surface area contributed by atoms with Crippen molar-refractivity contribution in [2.45, 2.75) is 45.4 Å². The molecule has 1 amide bonds. The number of para-hydroxylation sites is 1. The zero-order valence-corrected chi connectivity index (χ0v) is 19.2. The minimum atomic E-state index is 0.164. The zero-order chi connectivity index (χ0) is 21.8. The van der Waals surface area contributed by atoms with Crippen molar-refractivity contribution in [3.05, 3.63) is 75.0 Å². The van der Waals surface area contributed by atoms with E-state index in [9.17, 15) is 4.79 Å². The number of hydrogen-bond acceptors (Lipinski definition) is 5. The minimum Gasteiger partial charge on any atom is -0.496 e. The van der Waals surface area contributed by atoms with Crippen molar-refractivity contribution in [1.82, 2.24) is 14.9 Å². The van der Waals surface area contributed by atoms with E-state index in [4.69, 9.17) is 9.72 Å². The molecule has 3 heterocycles. The molecule has 0 N–H and O–H groups in total. The number of ether oxygens (including phenoxy) is 1. The van der Waals surface area contributed by atoms with Crippen molar-refractivity contribution in [1.29, 1.82) is 0 Å². The fourth-order valence-electron chi connectivity index (χ4n) is 4.35. The highest BCUT2D eigenvalue weighted by atomic mass is 32.1. The van der Waals surface area contributed by atoms with Crippen LogP contribution in [-0.4, -0.2) is 41.0 Å². The highest BCUT2D eigenvalue weighted by Gasteiger charge is 2.26. The topological polar surface area (TPSA) is 55.3 Å². The molecule has 0 unspecified atom stereocenters. The Hall–Kier alpha value is -2.73. The second kappa shape index (κ2) is 9.60. The number of likely N-dealkylation sites (tertiary alicyclic amines) is 1. The average Bonchev–Trinajstić information content (AvgIpc) is 3.18. The molecule has 0 spiro atoms. The Morgan fingerprint density at radius 1 is 1.23 bits per heavy atom. The van der Waals surface area contributed by atoms with Gasteiger partial charge in [-0.15, -0.1) is 11.3 Å². The fourth-order valence-corrected chi connectivity index (χ4v) is 4.96. The van der Waals surface area contributed by atoms with E-state index in [2.05, 4.69) is 23.2 Å². The van der Waals surface area contributed by atoms with Gasteiger partial charge in [-0.3, -0.25) is 9.78 Å². The Balaban J connectivity index is 1.49. The summed E-state index contributed by atoms with van der Waals surface area (Å²) in [5.41, 5.74) is 5.38. The molecule has 1 aliphatic heterocycles. The number of pyridine rings is 1. The van der Waals surface area contributed by atoms with Gasteiger partial charge in [0.25, 0.3) is 0 Å². The summed E-state index contributed by atoms with van der Waals surface area (Å²) in [5.74, 6) is 1.34. The van der Waals surface area contributed by atoms with Gasteiger partial charge in [0, 0.05) is 42.2 Å². The van der Waals surface area contributed by atoms with Gasteiger partial charge in [-0.05, 0) is 56.0 Å². The molecule has 5 nitrogen and oxygen atoms in total. The third-order valence-corrected chi connectivity index (χ3v) is 6.63. The van der Waals surface area contributed by atoms with Gasteiger partial charge >= 0.3 is 0 Å². The van der Waals surface area contributed by atoms with Crippen molar-refractivity contribution in [3.8, 4) is 5.75 Å². The van der Waals surface area contributed by atoms with E-state index in [1.165, 1.54) is 11.1 Å². The summed E-state index contributed by atoms with van der Waals surface area (Å²) in [4.78, 5) is 24.1. The first-order valence-electron chi connectivity index (χ1n) is 10.8. The second-order valence-corrected chi connectivity index (χ2v) is 9.31. The molecule has 1 fully saturated rings. The lowest BCUT2D eigenvalue weighted by Gasteiger charge is -2.32. The third kappa shape index (κ3) is 5.31. The van der Waals surface area contributed by atoms with Crippen LogP contribution in [0.1, 0.15) is 52.0 Å². The Morgan fingerprint density at radius 2 is 2.06 bits per heavy atom. The van der Waals surface area contributed by atoms with Gasteiger partial charge in [0.05, 0.1) is 24.2 Å². The number of nitrogens with zero attached hydrogens (tertiary/aromatic N) is 3. The monoisotopic (exact) mass is 435 g/mol. The van der Waals surface area contributed by atoms with Crippen LogP contribution in [0.4, 0.5) is 0 Å². The van der Waals surface area contributed by atoms with Crippen LogP contribution in [0.2, 0.25) is 0 Å². The lowest BCUT2D eigenvalue weighted by atomic mass is 9.92. The Bertz CT molecular complexity index is 1060. The molecule has 162 valence electrons. The molecule has 1 atom stereocenters. The maximum Gasteiger partial charge on any atom is 0.228 e. The number of aromatic nitrogens is 2. The van der Waals surface area contributed by atoms with Crippen molar-refractivity contribution in [3.63, 3.8) is 0 Å². The van der Waals surface area contributed by atoms with Crippen molar-refractivity contribution in [2.75, 3.05) is 20.2 Å². The summed E-state index contributed by atoms with van der Waals surface area (Å²) in [7, 11) is 1.71. The van der Waals surface area contributed by atoms with Crippen LogP contribution < -0.4 is 4.74 Å². The van der Waals surface area contributed by atoms with Gasteiger partial charge in [0.1, 0.15) is 5.75 Å². The van der Waals surface area contributed by atoms with Gasteiger partial charge in [-0.2, -0.15) is 0 Å². The Kier molecular flexibility index (Phi) is 6.66. The molecule has 4 rings (SSSR count). The van der Waals surface area contributed by atoms with Crippen LogP contribution in [0.5, 0.6) is 5.75 Å². The zero-order valence-electron chi connectivity index (χ0n) is 18.4. The van der Waals surface area contributed by atoms with Crippen LogP contribution in [0.25, 0.3) is 0 Å². The molecular formula is C25H29N3O2S. The summed E-state index contributed by atoms with van der Waals surface area (Å²) in [6.45, 7) is 5.57. The SMILES string of the molecule is COc1ccccc1Cc1cc(C)nc([C@H]2CCCN(C(=O)Cc3csc(C)n3)C2)c1. The fraction of sp³-hybridized carbons (Fsp3) is 0.400. The molecule has 6 heteroatoms.